The Morgan fingerprint density at radius 2 is 2.13 bits per heavy atom. The molecule has 1 aromatic rings. The highest BCUT2D eigenvalue weighted by molar-refractivity contribution is 14.0. The number of hydrogen-bond donors (Lipinski definition) is 2. The van der Waals surface area contributed by atoms with E-state index in [-0.39, 0.29) is 30.1 Å². The predicted molar refractivity (Wildman–Crippen MR) is 105 cm³/mol. The van der Waals surface area contributed by atoms with E-state index in [1.54, 1.807) is 0 Å². The minimum Gasteiger partial charge on any atom is -0.494 e. The summed E-state index contributed by atoms with van der Waals surface area (Å²) in [5.74, 6) is 1.80. The van der Waals surface area contributed by atoms with E-state index in [1.807, 2.05) is 12.1 Å². The lowest BCUT2D eigenvalue weighted by Gasteiger charge is -2.20. The van der Waals surface area contributed by atoms with Crippen LogP contribution in [-0.4, -0.2) is 54.9 Å². The molecule has 2 rings (SSSR count). The van der Waals surface area contributed by atoms with Gasteiger partial charge >= 0.3 is 0 Å². The van der Waals surface area contributed by atoms with Crippen molar-refractivity contribution in [3.05, 3.63) is 29.8 Å². The maximum absolute atomic E-state index is 9.63. The number of β-amino-alcohol motifs (C(OH)–C–C–N with tert-alkyl or cyclic N) is 1. The van der Waals surface area contributed by atoms with E-state index in [2.05, 4.69) is 41.2 Å². The molecule has 6 heteroatoms. The van der Waals surface area contributed by atoms with Crippen molar-refractivity contribution in [2.75, 3.05) is 32.8 Å². The highest BCUT2D eigenvalue weighted by Crippen LogP contribution is 2.12. The molecule has 0 aliphatic carbocycles. The Hall–Kier alpha value is -1.02. The maximum Gasteiger partial charge on any atom is 0.194 e. The molecule has 23 heavy (non-hydrogen) atoms. The van der Waals surface area contributed by atoms with E-state index < -0.39 is 0 Å². The van der Waals surface area contributed by atoms with Gasteiger partial charge in [0.2, 0.25) is 0 Å². The number of hydrogen-bond acceptors (Lipinski definition) is 3. The van der Waals surface area contributed by atoms with Crippen LogP contribution in [-0.2, 0) is 0 Å². The second-order valence-electron chi connectivity index (χ2n) is 5.64. The second-order valence-corrected chi connectivity index (χ2v) is 5.64. The number of aliphatic imine (C=N–C) groups is 1. The molecule has 0 unspecified atom stereocenters. The molecular weight excluding hydrogens is 405 g/mol. The van der Waals surface area contributed by atoms with Crippen LogP contribution in [0.25, 0.3) is 0 Å². The Balaban J connectivity index is 0.00000264. The Morgan fingerprint density at radius 1 is 1.39 bits per heavy atom. The summed E-state index contributed by atoms with van der Waals surface area (Å²) in [5.41, 5.74) is 1.24. The van der Waals surface area contributed by atoms with E-state index in [0.29, 0.717) is 13.2 Å². The number of nitrogens with zero attached hydrogens (tertiary/aromatic N) is 2. The number of likely N-dealkylation sites (tertiary alicyclic amines) is 1. The quantitative estimate of drug-likeness (QED) is 0.313. The zero-order valence-electron chi connectivity index (χ0n) is 14.0. The molecule has 130 valence electrons. The van der Waals surface area contributed by atoms with Crippen molar-refractivity contribution in [3.8, 4) is 5.75 Å². The number of rotatable bonds is 6. The molecule has 0 saturated carbocycles. The zero-order valence-corrected chi connectivity index (χ0v) is 16.3. The van der Waals surface area contributed by atoms with Gasteiger partial charge in [0, 0.05) is 32.6 Å². The van der Waals surface area contributed by atoms with Gasteiger partial charge in [0.1, 0.15) is 5.75 Å². The highest BCUT2D eigenvalue weighted by Gasteiger charge is 2.22. The minimum absolute atomic E-state index is 0. The number of aryl methyl sites for hydroxylation is 1. The summed E-state index contributed by atoms with van der Waals surface area (Å²) >= 11 is 0. The van der Waals surface area contributed by atoms with Gasteiger partial charge < -0.3 is 20.1 Å². The summed E-state index contributed by atoms with van der Waals surface area (Å²) in [7, 11) is 0. The third-order valence-electron chi connectivity index (χ3n) is 3.65. The Labute approximate surface area is 156 Å². The molecule has 1 aliphatic rings. The fourth-order valence-corrected chi connectivity index (χ4v) is 2.43. The van der Waals surface area contributed by atoms with E-state index in [9.17, 15) is 5.11 Å². The molecule has 0 aromatic heterocycles. The van der Waals surface area contributed by atoms with Gasteiger partial charge in [-0.3, -0.25) is 4.99 Å². The molecule has 1 aliphatic heterocycles. The Bertz CT molecular complexity index is 479. The Kier molecular flexibility index (Phi) is 9.31. The lowest BCUT2D eigenvalue weighted by molar-refractivity contribution is 0.187. The normalized spacial score (nSPS) is 17.8. The molecule has 1 atom stereocenters. The van der Waals surface area contributed by atoms with E-state index in [4.69, 9.17) is 4.74 Å². The van der Waals surface area contributed by atoms with Crippen molar-refractivity contribution in [3.63, 3.8) is 0 Å². The average Bonchev–Trinajstić information content (AvgIpc) is 2.94. The SMILES string of the molecule is CCNC(=NCCCOc1ccc(C)cc1)N1CC[C@@H](O)C1.I. The number of nitrogens with one attached hydrogen (secondary N) is 1. The third-order valence-corrected chi connectivity index (χ3v) is 3.65. The molecule has 5 nitrogen and oxygen atoms in total. The van der Waals surface area contributed by atoms with Gasteiger partial charge in [-0.15, -0.1) is 24.0 Å². The van der Waals surface area contributed by atoms with Gasteiger partial charge in [0.25, 0.3) is 0 Å². The minimum atomic E-state index is -0.228. The summed E-state index contributed by atoms with van der Waals surface area (Å²) in [4.78, 5) is 6.74. The molecule has 2 N–H and O–H groups in total. The van der Waals surface area contributed by atoms with E-state index >= 15 is 0 Å². The van der Waals surface area contributed by atoms with Crippen LogP contribution in [0.3, 0.4) is 0 Å². The Morgan fingerprint density at radius 3 is 2.74 bits per heavy atom. The first-order chi connectivity index (χ1) is 10.7. The summed E-state index contributed by atoms with van der Waals surface area (Å²) in [5, 5.41) is 12.9. The average molecular weight is 433 g/mol. The molecule has 0 bridgehead atoms. The van der Waals surface area contributed by atoms with Crippen molar-refractivity contribution < 1.29 is 9.84 Å². The van der Waals surface area contributed by atoms with Gasteiger partial charge in [-0.1, -0.05) is 17.7 Å². The summed E-state index contributed by atoms with van der Waals surface area (Å²) in [6.45, 7) is 7.89. The number of aliphatic hydroxyl groups is 1. The smallest absolute Gasteiger partial charge is 0.194 e. The maximum atomic E-state index is 9.63. The lowest BCUT2D eigenvalue weighted by Crippen LogP contribution is -2.40. The molecule has 0 spiro atoms. The first-order valence-electron chi connectivity index (χ1n) is 8.10. The molecule has 0 amide bonds. The molecule has 1 fully saturated rings. The van der Waals surface area contributed by atoms with Gasteiger partial charge in [-0.25, -0.2) is 0 Å². The number of halogens is 1. The van der Waals surface area contributed by atoms with Crippen LogP contribution in [0.4, 0.5) is 0 Å². The van der Waals surface area contributed by atoms with Crippen LogP contribution >= 0.6 is 24.0 Å². The summed E-state index contributed by atoms with van der Waals surface area (Å²) in [6.07, 6.45) is 1.47. The van der Waals surface area contributed by atoms with Crippen molar-refractivity contribution in [2.45, 2.75) is 32.8 Å². The van der Waals surface area contributed by atoms with Gasteiger partial charge in [-0.2, -0.15) is 0 Å². The van der Waals surface area contributed by atoms with Crippen LogP contribution in [0.2, 0.25) is 0 Å². The van der Waals surface area contributed by atoms with Crippen molar-refractivity contribution >= 4 is 29.9 Å². The molecule has 1 heterocycles. The van der Waals surface area contributed by atoms with Crippen molar-refractivity contribution in [1.29, 1.82) is 0 Å². The summed E-state index contributed by atoms with van der Waals surface area (Å²) in [6, 6.07) is 8.09. The number of guanidine groups is 1. The van der Waals surface area contributed by atoms with Gasteiger partial charge in [0.15, 0.2) is 5.96 Å². The molecular formula is C17H28IN3O2. The fourth-order valence-electron chi connectivity index (χ4n) is 2.43. The lowest BCUT2D eigenvalue weighted by atomic mass is 10.2. The highest BCUT2D eigenvalue weighted by atomic mass is 127. The van der Waals surface area contributed by atoms with Gasteiger partial charge in [0.05, 0.1) is 12.7 Å². The third kappa shape index (κ3) is 6.95. The van der Waals surface area contributed by atoms with Crippen LogP contribution in [0, 0.1) is 6.92 Å². The van der Waals surface area contributed by atoms with Crippen LogP contribution in [0.1, 0.15) is 25.3 Å². The molecule has 0 radical (unpaired) electrons. The monoisotopic (exact) mass is 433 g/mol. The van der Waals surface area contributed by atoms with Crippen LogP contribution < -0.4 is 10.1 Å². The van der Waals surface area contributed by atoms with Crippen molar-refractivity contribution in [1.82, 2.24) is 10.2 Å². The standard InChI is InChI=1S/C17H27N3O2.HI/c1-3-18-17(20-11-9-15(21)13-20)19-10-4-12-22-16-7-5-14(2)6-8-16;/h5-8,15,21H,3-4,9-13H2,1-2H3,(H,18,19);1H/t15-;/m1./s1. The van der Waals surface area contributed by atoms with Gasteiger partial charge in [-0.05, 0) is 32.4 Å². The number of benzene rings is 1. The predicted octanol–water partition coefficient (Wildman–Crippen LogP) is 2.41. The largest absolute Gasteiger partial charge is 0.494 e. The molecule has 1 aromatic carbocycles. The number of ether oxygens (including phenoxy) is 1. The van der Waals surface area contributed by atoms with E-state index in [0.717, 1.165) is 44.2 Å². The van der Waals surface area contributed by atoms with Crippen LogP contribution in [0.15, 0.2) is 29.3 Å². The van der Waals surface area contributed by atoms with E-state index in [1.165, 1.54) is 5.56 Å². The van der Waals surface area contributed by atoms with Crippen molar-refractivity contribution in [2.24, 2.45) is 4.99 Å². The molecule has 1 saturated heterocycles. The first kappa shape index (κ1) is 20.0. The first-order valence-corrected chi connectivity index (χ1v) is 8.10. The zero-order chi connectivity index (χ0) is 15.8. The fraction of sp³-hybridized carbons (Fsp3) is 0.588. The second kappa shape index (κ2) is 10.7. The van der Waals surface area contributed by atoms with Crippen LogP contribution in [0.5, 0.6) is 5.75 Å². The number of aliphatic hydroxyl groups excluding tert-OH is 1. The summed E-state index contributed by atoms with van der Waals surface area (Å²) < 4.78 is 5.70. The topological polar surface area (TPSA) is 57.1 Å².